The second kappa shape index (κ2) is 6.72. The number of hydrogen-bond donors (Lipinski definition) is 0. The van der Waals surface area contributed by atoms with E-state index in [0.29, 0.717) is 29.5 Å². The predicted molar refractivity (Wildman–Crippen MR) is 72.3 cm³/mol. The van der Waals surface area contributed by atoms with Crippen molar-refractivity contribution in [2.45, 2.75) is 18.9 Å². The third kappa shape index (κ3) is 4.21. The Balaban J connectivity index is 2.04. The number of Topliss-reactive ketones (excluding diaryl/α,β-unsaturated/α-hetero) is 1. The summed E-state index contributed by atoms with van der Waals surface area (Å²) in [7, 11) is 1.29. The van der Waals surface area contributed by atoms with E-state index in [0.717, 1.165) is 0 Å². The molecule has 20 heavy (non-hydrogen) atoms. The highest BCUT2D eigenvalue weighted by molar-refractivity contribution is 6.31. The topological polar surface area (TPSA) is 65.1 Å². The van der Waals surface area contributed by atoms with Crippen LogP contribution in [0.15, 0.2) is 18.2 Å². The Morgan fingerprint density at radius 1 is 1.40 bits per heavy atom. The summed E-state index contributed by atoms with van der Waals surface area (Å²) < 4.78 is 15.1. The zero-order valence-electron chi connectivity index (χ0n) is 11.1. The van der Waals surface area contributed by atoms with Gasteiger partial charge in [0.25, 0.3) is 0 Å². The zero-order valence-corrected chi connectivity index (χ0v) is 11.8. The molecule has 1 saturated heterocycles. The number of benzene rings is 1. The molecule has 1 fully saturated rings. The summed E-state index contributed by atoms with van der Waals surface area (Å²) in [5.74, 6) is -0.168. The Morgan fingerprint density at radius 3 is 2.80 bits per heavy atom. The van der Waals surface area contributed by atoms with Gasteiger partial charge in [0.15, 0.2) is 5.78 Å². The first-order valence-electron chi connectivity index (χ1n) is 6.24. The molecule has 0 N–H and O–H groups in total. The Morgan fingerprint density at radius 2 is 2.15 bits per heavy atom. The van der Waals surface area contributed by atoms with E-state index in [4.69, 9.17) is 21.1 Å². The average molecular weight is 299 g/mol. The number of ether oxygens (including phenoxy) is 3. The van der Waals surface area contributed by atoms with E-state index in [1.54, 1.807) is 18.2 Å². The Labute approximate surface area is 121 Å². The van der Waals surface area contributed by atoms with Gasteiger partial charge in [0.1, 0.15) is 18.5 Å². The molecule has 1 unspecified atom stereocenters. The molecule has 1 aromatic carbocycles. The molecular formula is C14H15ClO5. The normalized spacial score (nSPS) is 16.6. The molecule has 0 aliphatic carbocycles. The van der Waals surface area contributed by atoms with Gasteiger partial charge in [0.05, 0.1) is 25.7 Å². The highest BCUT2D eigenvalue weighted by Crippen LogP contribution is 2.25. The number of methoxy groups -OCH3 is 1. The number of hydrogen-bond acceptors (Lipinski definition) is 5. The van der Waals surface area contributed by atoms with Crippen LogP contribution in [0.2, 0.25) is 5.02 Å². The molecule has 1 aromatic rings. The minimum absolute atomic E-state index is 0.0347. The third-order valence-corrected chi connectivity index (χ3v) is 3.09. The van der Waals surface area contributed by atoms with Crippen molar-refractivity contribution in [1.29, 1.82) is 0 Å². The van der Waals surface area contributed by atoms with Gasteiger partial charge in [-0.3, -0.25) is 9.59 Å². The molecule has 0 amide bonds. The lowest BCUT2D eigenvalue weighted by Crippen LogP contribution is -2.10. The molecule has 0 bridgehead atoms. The molecule has 108 valence electrons. The summed E-state index contributed by atoms with van der Waals surface area (Å²) in [4.78, 5) is 23.2. The van der Waals surface area contributed by atoms with Crippen LogP contribution in [0.3, 0.4) is 0 Å². The van der Waals surface area contributed by atoms with Crippen LogP contribution in [0.1, 0.15) is 23.2 Å². The SMILES string of the molecule is COC(=O)CCC(=O)c1cc(Cl)ccc1OCC1CO1. The molecule has 1 atom stereocenters. The maximum absolute atomic E-state index is 12.1. The molecule has 0 aromatic heterocycles. The van der Waals surface area contributed by atoms with E-state index in [1.807, 2.05) is 0 Å². The molecule has 2 rings (SSSR count). The van der Waals surface area contributed by atoms with Crippen molar-refractivity contribution in [3.05, 3.63) is 28.8 Å². The van der Waals surface area contributed by atoms with Gasteiger partial charge in [0.2, 0.25) is 0 Å². The first kappa shape index (κ1) is 14.8. The third-order valence-electron chi connectivity index (χ3n) is 2.85. The zero-order chi connectivity index (χ0) is 14.5. The number of ketones is 1. The van der Waals surface area contributed by atoms with Gasteiger partial charge in [0, 0.05) is 11.4 Å². The second-order valence-electron chi connectivity index (χ2n) is 4.41. The van der Waals surface area contributed by atoms with Gasteiger partial charge in [-0.1, -0.05) is 11.6 Å². The van der Waals surface area contributed by atoms with Crippen molar-refractivity contribution in [3.63, 3.8) is 0 Å². The smallest absolute Gasteiger partial charge is 0.305 e. The van der Waals surface area contributed by atoms with Crippen molar-refractivity contribution in [3.8, 4) is 5.75 Å². The molecule has 5 nitrogen and oxygen atoms in total. The molecular weight excluding hydrogens is 284 g/mol. The maximum Gasteiger partial charge on any atom is 0.305 e. The number of rotatable bonds is 7. The standard InChI is InChI=1S/C14H15ClO5/c1-18-14(17)5-3-12(16)11-6-9(15)2-4-13(11)20-8-10-7-19-10/h2,4,6,10H,3,5,7-8H2,1H3. The highest BCUT2D eigenvalue weighted by Gasteiger charge is 2.24. The lowest BCUT2D eigenvalue weighted by Gasteiger charge is -2.10. The van der Waals surface area contributed by atoms with Gasteiger partial charge < -0.3 is 14.2 Å². The average Bonchev–Trinajstić information content (AvgIpc) is 3.27. The van der Waals surface area contributed by atoms with Gasteiger partial charge in [-0.05, 0) is 18.2 Å². The minimum atomic E-state index is -0.422. The fourth-order valence-electron chi connectivity index (χ4n) is 1.65. The van der Waals surface area contributed by atoms with Gasteiger partial charge in [-0.15, -0.1) is 0 Å². The van der Waals surface area contributed by atoms with Crippen molar-refractivity contribution >= 4 is 23.4 Å². The van der Waals surface area contributed by atoms with Gasteiger partial charge in [-0.2, -0.15) is 0 Å². The monoisotopic (exact) mass is 298 g/mol. The number of epoxide rings is 1. The quantitative estimate of drug-likeness (QED) is 0.439. The van der Waals surface area contributed by atoms with Crippen LogP contribution in [-0.2, 0) is 14.3 Å². The lowest BCUT2D eigenvalue weighted by atomic mass is 10.1. The fourth-order valence-corrected chi connectivity index (χ4v) is 1.82. The summed E-state index contributed by atoms with van der Waals surface area (Å²) >= 11 is 5.90. The van der Waals surface area contributed by atoms with Crippen molar-refractivity contribution < 1.29 is 23.8 Å². The fraction of sp³-hybridized carbons (Fsp3) is 0.429. The van der Waals surface area contributed by atoms with E-state index in [9.17, 15) is 9.59 Å². The van der Waals surface area contributed by atoms with Crippen LogP contribution >= 0.6 is 11.6 Å². The van der Waals surface area contributed by atoms with Crippen LogP contribution in [0.4, 0.5) is 0 Å². The molecule has 1 aliphatic heterocycles. The van der Waals surface area contributed by atoms with Crippen LogP contribution in [-0.4, -0.2) is 38.2 Å². The molecule has 6 heteroatoms. The molecule has 0 saturated carbocycles. The Kier molecular flexibility index (Phi) is 4.98. The summed E-state index contributed by atoms with van der Waals surface area (Å²) in [6, 6.07) is 4.85. The highest BCUT2D eigenvalue weighted by atomic mass is 35.5. The van der Waals surface area contributed by atoms with Crippen molar-refractivity contribution in [2.75, 3.05) is 20.3 Å². The largest absolute Gasteiger partial charge is 0.490 e. The second-order valence-corrected chi connectivity index (χ2v) is 4.84. The molecule has 0 spiro atoms. The minimum Gasteiger partial charge on any atom is -0.490 e. The van der Waals surface area contributed by atoms with Crippen LogP contribution in [0.5, 0.6) is 5.75 Å². The van der Waals surface area contributed by atoms with E-state index in [1.165, 1.54) is 7.11 Å². The summed E-state index contributed by atoms with van der Waals surface area (Å²) in [6.07, 6.45) is 0.194. The lowest BCUT2D eigenvalue weighted by molar-refractivity contribution is -0.140. The van der Waals surface area contributed by atoms with Gasteiger partial charge in [-0.25, -0.2) is 0 Å². The number of esters is 1. The Bertz CT molecular complexity index is 510. The van der Waals surface area contributed by atoms with E-state index < -0.39 is 5.97 Å². The Hall–Kier alpha value is -1.59. The summed E-state index contributed by atoms with van der Waals surface area (Å²) in [6.45, 7) is 1.08. The van der Waals surface area contributed by atoms with E-state index >= 15 is 0 Å². The van der Waals surface area contributed by atoms with E-state index in [2.05, 4.69) is 4.74 Å². The first-order chi connectivity index (χ1) is 9.60. The molecule has 0 radical (unpaired) electrons. The van der Waals surface area contributed by atoms with Crippen LogP contribution < -0.4 is 4.74 Å². The maximum atomic E-state index is 12.1. The van der Waals surface area contributed by atoms with Crippen molar-refractivity contribution in [2.24, 2.45) is 0 Å². The van der Waals surface area contributed by atoms with Crippen molar-refractivity contribution in [1.82, 2.24) is 0 Å². The van der Waals surface area contributed by atoms with Crippen LogP contribution in [0, 0.1) is 0 Å². The van der Waals surface area contributed by atoms with Crippen LogP contribution in [0.25, 0.3) is 0 Å². The summed E-state index contributed by atoms with van der Waals surface area (Å²) in [5.41, 5.74) is 0.377. The van der Waals surface area contributed by atoms with E-state index in [-0.39, 0.29) is 24.7 Å². The number of carbonyl (C=O) groups is 2. The first-order valence-corrected chi connectivity index (χ1v) is 6.62. The molecule has 1 aliphatic rings. The van der Waals surface area contributed by atoms with Gasteiger partial charge >= 0.3 is 5.97 Å². The predicted octanol–water partition coefficient (Wildman–Crippen LogP) is 2.25. The molecule has 1 heterocycles. The number of halogens is 1. The number of carbonyl (C=O) groups excluding carboxylic acids is 2. The summed E-state index contributed by atoms with van der Waals surface area (Å²) in [5, 5.41) is 0.446.